The molecule has 4 heteroatoms. The van der Waals surface area contributed by atoms with E-state index in [0.29, 0.717) is 12.0 Å². The third kappa shape index (κ3) is 2.44. The molecule has 2 heterocycles. The Balaban J connectivity index is 2.01. The molecule has 0 bridgehead atoms. The van der Waals surface area contributed by atoms with Gasteiger partial charge in [0.2, 0.25) is 0 Å². The van der Waals surface area contributed by atoms with Gasteiger partial charge in [-0.05, 0) is 38.5 Å². The molecule has 0 spiro atoms. The Morgan fingerprint density at radius 3 is 3.06 bits per heavy atom. The number of hydrogen-bond acceptors (Lipinski definition) is 3. The Bertz CT molecular complexity index is 334. The number of likely N-dealkylation sites (N-methyl/N-ethyl adjacent to an activating group) is 2. The van der Waals surface area contributed by atoms with Gasteiger partial charge in [0.05, 0.1) is 12.2 Å². The lowest BCUT2D eigenvalue weighted by molar-refractivity contribution is 0.382. The maximum absolute atomic E-state index is 4.50. The molecule has 0 aromatic carbocycles. The van der Waals surface area contributed by atoms with Crippen molar-refractivity contribution in [3.63, 3.8) is 0 Å². The van der Waals surface area contributed by atoms with E-state index in [4.69, 9.17) is 0 Å². The van der Waals surface area contributed by atoms with Gasteiger partial charge in [-0.3, -0.25) is 4.68 Å². The number of nitrogens with one attached hydrogen (secondary N) is 1. The maximum Gasteiger partial charge on any atom is 0.0658 e. The first-order chi connectivity index (χ1) is 7.70. The van der Waals surface area contributed by atoms with Crippen LogP contribution in [0.4, 0.5) is 0 Å². The zero-order chi connectivity index (χ0) is 11.5. The summed E-state index contributed by atoms with van der Waals surface area (Å²) in [6.07, 6.45) is 5.45. The minimum absolute atomic E-state index is 0.540. The van der Waals surface area contributed by atoms with Crippen LogP contribution in [0, 0.1) is 0 Å². The van der Waals surface area contributed by atoms with Crippen LogP contribution in [0.2, 0.25) is 0 Å². The van der Waals surface area contributed by atoms with E-state index in [9.17, 15) is 0 Å². The van der Waals surface area contributed by atoms with Crippen molar-refractivity contribution < 1.29 is 0 Å². The molecule has 1 fully saturated rings. The second-order valence-corrected chi connectivity index (χ2v) is 4.92. The summed E-state index contributed by atoms with van der Waals surface area (Å²) in [4.78, 5) is 2.36. The summed E-state index contributed by atoms with van der Waals surface area (Å²) >= 11 is 0. The SMILES string of the molecule is CNCC(C)c1cnn(C2CCN(C)C2)c1. The molecule has 0 saturated carbocycles. The number of rotatable bonds is 4. The predicted octanol–water partition coefficient (Wildman–Crippen LogP) is 1.08. The van der Waals surface area contributed by atoms with Gasteiger partial charge in [-0.1, -0.05) is 6.92 Å². The second-order valence-electron chi connectivity index (χ2n) is 4.92. The molecular weight excluding hydrogens is 200 g/mol. The fraction of sp³-hybridized carbons (Fsp3) is 0.750. The zero-order valence-electron chi connectivity index (χ0n) is 10.5. The molecule has 0 amide bonds. The molecule has 0 radical (unpaired) electrons. The van der Waals surface area contributed by atoms with Gasteiger partial charge in [0.25, 0.3) is 0 Å². The molecule has 2 atom stereocenters. The molecule has 16 heavy (non-hydrogen) atoms. The standard InChI is InChI=1S/C12H22N4/c1-10(6-13-2)11-7-14-16(8-11)12-4-5-15(3)9-12/h7-8,10,12-13H,4-6,9H2,1-3H3. The molecule has 2 rings (SSSR count). The Morgan fingerprint density at radius 2 is 2.44 bits per heavy atom. The van der Waals surface area contributed by atoms with E-state index in [0.717, 1.165) is 13.1 Å². The summed E-state index contributed by atoms with van der Waals surface area (Å²) in [5, 5.41) is 7.70. The van der Waals surface area contributed by atoms with Crippen LogP contribution in [-0.2, 0) is 0 Å². The van der Waals surface area contributed by atoms with Gasteiger partial charge in [0.1, 0.15) is 0 Å². The van der Waals surface area contributed by atoms with Crippen LogP contribution in [0.5, 0.6) is 0 Å². The van der Waals surface area contributed by atoms with Crippen molar-refractivity contribution in [1.29, 1.82) is 0 Å². The summed E-state index contributed by atoms with van der Waals surface area (Å²) in [7, 11) is 4.17. The molecule has 1 aliphatic rings. The minimum atomic E-state index is 0.540. The summed E-state index contributed by atoms with van der Waals surface area (Å²) in [5.74, 6) is 0.540. The first kappa shape index (κ1) is 11.6. The third-order valence-corrected chi connectivity index (χ3v) is 3.44. The highest BCUT2D eigenvalue weighted by atomic mass is 15.3. The largest absolute Gasteiger partial charge is 0.319 e. The molecular formula is C12H22N4. The fourth-order valence-corrected chi connectivity index (χ4v) is 2.36. The lowest BCUT2D eigenvalue weighted by atomic mass is 10.1. The van der Waals surface area contributed by atoms with Crippen molar-refractivity contribution in [3.8, 4) is 0 Å². The molecule has 4 nitrogen and oxygen atoms in total. The van der Waals surface area contributed by atoms with Gasteiger partial charge in [-0.2, -0.15) is 5.10 Å². The van der Waals surface area contributed by atoms with Gasteiger partial charge < -0.3 is 10.2 Å². The highest BCUT2D eigenvalue weighted by molar-refractivity contribution is 5.11. The molecule has 90 valence electrons. The monoisotopic (exact) mass is 222 g/mol. The van der Waals surface area contributed by atoms with Gasteiger partial charge in [-0.25, -0.2) is 0 Å². The van der Waals surface area contributed by atoms with Crippen molar-refractivity contribution in [3.05, 3.63) is 18.0 Å². The first-order valence-electron chi connectivity index (χ1n) is 6.08. The van der Waals surface area contributed by atoms with Crippen LogP contribution in [0.1, 0.15) is 30.9 Å². The quantitative estimate of drug-likeness (QED) is 0.827. The van der Waals surface area contributed by atoms with E-state index in [-0.39, 0.29) is 0 Å². The average molecular weight is 222 g/mol. The van der Waals surface area contributed by atoms with E-state index in [1.165, 1.54) is 18.5 Å². The number of aromatic nitrogens is 2. The molecule has 0 aliphatic carbocycles. The van der Waals surface area contributed by atoms with E-state index in [1.807, 2.05) is 13.2 Å². The Labute approximate surface area is 97.6 Å². The van der Waals surface area contributed by atoms with Crippen molar-refractivity contribution in [2.45, 2.75) is 25.3 Å². The predicted molar refractivity (Wildman–Crippen MR) is 65.7 cm³/mol. The zero-order valence-corrected chi connectivity index (χ0v) is 10.5. The molecule has 2 unspecified atom stereocenters. The van der Waals surface area contributed by atoms with E-state index in [2.05, 4.69) is 40.2 Å². The summed E-state index contributed by atoms with van der Waals surface area (Å²) < 4.78 is 2.14. The highest BCUT2D eigenvalue weighted by Gasteiger charge is 2.22. The normalized spacial score (nSPS) is 23.8. The Hall–Kier alpha value is -0.870. The average Bonchev–Trinajstić information content (AvgIpc) is 2.85. The second kappa shape index (κ2) is 4.97. The summed E-state index contributed by atoms with van der Waals surface area (Å²) in [6.45, 7) is 5.56. The van der Waals surface area contributed by atoms with Crippen molar-refractivity contribution in [1.82, 2.24) is 20.0 Å². The van der Waals surface area contributed by atoms with Crippen molar-refractivity contribution in [2.24, 2.45) is 0 Å². The van der Waals surface area contributed by atoms with Crippen LogP contribution in [0.3, 0.4) is 0 Å². The van der Waals surface area contributed by atoms with Crippen LogP contribution < -0.4 is 5.32 Å². The summed E-state index contributed by atoms with van der Waals surface area (Å²) in [6, 6.07) is 0.570. The molecule has 1 aromatic heterocycles. The highest BCUT2D eigenvalue weighted by Crippen LogP contribution is 2.21. The molecule has 1 aliphatic heterocycles. The van der Waals surface area contributed by atoms with Gasteiger partial charge >= 0.3 is 0 Å². The number of nitrogens with zero attached hydrogens (tertiary/aromatic N) is 3. The maximum atomic E-state index is 4.50. The van der Waals surface area contributed by atoms with Crippen LogP contribution >= 0.6 is 0 Å². The van der Waals surface area contributed by atoms with E-state index >= 15 is 0 Å². The lowest BCUT2D eigenvalue weighted by Gasteiger charge is -2.11. The van der Waals surface area contributed by atoms with Crippen LogP contribution in [0.25, 0.3) is 0 Å². The number of hydrogen-bond donors (Lipinski definition) is 1. The summed E-state index contributed by atoms with van der Waals surface area (Å²) in [5.41, 5.74) is 1.34. The topological polar surface area (TPSA) is 33.1 Å². The smallest absolute Gasteiger partial charge is 0.0658 e. The fourth-order valence-electron chi connectivity index (χ4n) is 2.36. The number of likely N-dealkylation sites (tertiary alicyclic amines) is 1. The van der Waals surface area contributed by atoms with Gasteiger partial charge in [-0.15, -0.1) is 0 Å². The Morgan fingerprint density at radius 1 is 1.62 bits per heavy atom. The molecule has 1 saturated heterocycles. The lowest BCUT2D eigenvalue weighted by Crippen LogP contribution is -2.17. The van der Waals surface area contributed by atoms with Gasteiger partial charge in [0, 0.05) is 19.3 Å². The third-order valence-electron chi connectivity index (χ3n) is 3.44. The van der Waals surface area contributed by atoms with E-state index in [1.54, 1.807) is 0 Å². The van der Waals surface area contributed by atoms with Crippen molar-refractivity contribution in [2.75, 3.05) is 33.7 Å². The molecule has 1 N–H and O–H groups in total. The molecule has 1 aromatic rings. The van der Waals surface area contributed by atoms with Crippen molar-refractivity contribution >= 4 is 0 Å². The van der Waals surface area contributed by atoms with Crippen LogP contribution in [0.15, 0.2) is 12.4 Å². The Kier molecular flexibility index (Phi) is 3.61. The van der Waals surface area contributed by atoms with E-state index < -0.39 is 0 Å². The minimum Gasteiger partial charge on any atom is -0.319 e. The first-order valence-corrected chi connectivity index (χ1v) is 6.08. The van der Waals surface area contributed by atoms with Crippen LogP contribution in [-0.4, -0.2) is 48.4 Å². The van der Waals surface area contributed by atoms with Gasteiger partial charge in [0.15, 0.2) is 0 Å².